The zero-order valence-electron chi connectivity index (χ0n) is 10.1. The SMILES string of the molecule is CN1N=CC2=C(C3=CC=C=C(N)N=C3)N=C(Cl)NC21. The van der Waals surface area contributed by atoms with Gasteiger partial charge in [0.25, 0.3) is 0 Å². The minimum Gasteiger partial charge on any atom is -0.377 e. The largest absolute Gasteiger partial charge is 0.377 e. The van der Waals surface area contributed by atoms with E-state index in [-0.39, 0.29) is 6.17 Å². The van der Waals surface area contributed by atoms with Crippen molar-refractivity contribution < 1.29 is 0 Å². The van der Waals surface area contributed by atoms with Gasteiger partial charge >= 0.3 is 0 Å². The predicted molar refractivity (Wildman–Crippen MR) is 75.9 cm³/mol. The molecular weight excluding hydrogens is 264 g/mol. The molecule has 3 rings (SSSR count). The van der Waals surface area contributed by atoms with E-state index in [9.17, 15) is 0 Å². The zero-order chi connectivity index (χ0) is 13.4. The number of nitrogens with one attached hydrogen (secondary N) is 1. The van der Waals surface area contributed by atoms with Gasteiger partial charge in [0.2, 0.25) is 0 Å². The minimum atomic E-state index is -0.105. The summed E-state index contributed by atoms with van der Waals surface area (Å²) < 4.78 is 0. The van der Waals surface area contributed by atoms with Gasteiger partial charge in [-0.05, 0) is 23.8 Å². The van der Waals surface area contributed by atoms with E-state index in [2.05, 4.69) is 26.1 Å². The molecule has 0 amide bonds. The zero-order valence-corrected chi connectivity index (χ0v) is 10.9. The van der Waals surface area contributed by atoms with Crippen LogP contribution in [0.3, 0.4) is 0 Å². The number of likely N-dealkylation sites (N-methyl/N-ethyl adjacent to an activating group) is 1. The van der Waals surface area contributed by atoms with E-state index in [0.717, 1.165) is 16.8 Å². The van der Waals surface area contributed by atoms with Crippen LogP contribution in [0.2, 0.25) is 0 Å². The first kappa shape index (κ1) is 11.8. The third kappa shape index (κ3) is 2.07. The third-order valence-electron chi connectivity index (χ3n) is 2.90. The molecule has 0 aromatic carbocycles. The number of nitrogens with zero attached hydrogens (tertiary/aromatic N) is 4. The van der Waals surface area contributed by atoms with E-state index in [0.29, 0.717) is 11.1 Å². The Morgan fingerprint density at radius 3 is 3.16 bits per heavy atom. The number of nitrogens with two attached hydrogens (primary N) is 1. The second kappa shape index (κ2) is 4.42. The summed E-state index contributed by atoms with van der Waals surface area (Å²) in [7, 11) is 1.86. The number of hydrogen-bond donors (Lipinski definition) is 2. The van der Waals surface area contributed by atoms with E-state index >= 15 is 0 Å². The van der Waals surface area contributed by atoms with Crippen molar-refractivity contribution in [1.29, 1.82) is 0 Å². The number of halogens is 1. The van der Waals surface area contributed by atoms with E-state index in [1.165, 1.54) is 0 Å². The van der Waals surface area contributed by atoms with Crippen molar-refractivity contribution in [1.82, 2.24) is 10.3 Å². The van der Waals surface area contributed by atoms with Gasteiger partial charge in [0.1, 0.15) is 6.17 Å². The molecule has 0 spiro atoms. The Morgan fingerprint density at radius 2 is 2.32 bits per heavy atom. The first-order chi connectivity index (χ1) is 9.15. The van der Waals surface area contributed by atoms with Crippen LogP contribution >= 0.6 is 11.6 Å². The van der Waals surface area contributed by atoms with Crippen LogP contribution in [0.4, 0.5) is 0 Å². The molecule has 3 aliphatic heterocycles. The molecular formula is C12H11ClN6. The second-order valence-corrected chi connectivity index (χ2v) is 4.51. The number of aliphatic imine (C=N–C) groups is 2. The van der Waals surface area contributed by atoms with E-state index in [4.69, 9.17) is 17.3 Å². The topological polar surface area (TPSA) is 78.4 Å². The van der Waals surface area contributed by atoms with Gasteiger partial charge in [-0.2, -0.15) is 5.10 Å². The van der Waals surface area contributed by atoms with Crippen LogP contribution in [0, 0.1) is 0 Å². The van der Waals surface area contributed by atoms with Crippen molar-refractivity contribution in [3.63, 3.8) is 0 Å². The van der Waals surface area contributed by atoms with Crippen LogP contribution in [-0.4, -0.2) is 35.9 Å². The Morgan fingerprint density at radius 1 is 1.47 bits per heavy atom. The number of hydrazone groups is 1. The van der Waals surface area contributed by atoms with Gasteiger partial charge in [0, 0.05) is 24.4 Å². The Labute approximate surface area is 115 Å². The van der Waals surface area contributed by atoms with Crippen LogP contribution in [0.5, 0.6) is 0 Å². The smallest absolute Gasteiger partial charge is 0.198 e. The molecule has 3 aliphatic rings. The molecule has 3 N–H and O–H groups in total. The predicted octanol–water partition coefficient (Wildman–Crippen LogP) is 0.662. The van der Waals surface area contributed by atoms with Crippen LogP contribution in [0.15, 0.2) is 55.6 Å². The summed E-state index contributed by atoms with van der Waals surface area (Å²) >= 11 is 6.03. The molecule has 1 unspecified atom stereocenters. The summed E-state index contributed by atoms with van der Waals surface area (Å²) in [5.74, 6) is 0.328. The maximum atomic E-state index is 6.03. The maximum absolute atomic E-state index is 6.03. The number of fused-ring (bicyclic) bond motifs is 1. The highest BCUT2D eigenvalue weighted by molar-refractivity contribution is 6.65. The Bertz CT molecular complexity index is 645. The molecule has 0 saturated heterocycles. The van der Waals surface area contributed by atoms with Gasteiger partial charge in [-0.15, -0.1) is 0 Å². The highest BCUT2D eigenvalue weighted by Crippen LogP contribution is 2.26. The van der Waals surface area contributed by atoms with Crippen LogP contribution in [0.1, 0.15) is 0 Å². The maximum Gasteiger partial charge on any atom is 0.198 e. The summed E-state index contributed by atoms with van der Waals surface area (Å²) in [4.78, 5) is 8.40. The summed E-state index contributed by atoms with van der Waals surface area (Å²) in [6.45, 7) is 0. The Kier molecular flexibility index (Phi) is 2.74. The standard InChI is InChI=1S/C12H11ClN6/c1-19-11-8(6-16-19)10(17-12(13)18-11)7-3-2-4-9(14)15-5-7/h2-3,5-6,11H,14H2,1H3,(H,17,18). The molecule has 3 heterocycles. The summed E-state index contributed by atoms with van der Waals surface area (Å²) in [5.41, 5.74) is 10.9. The van der Waals surface area contributed by atoms with E-state index < -0.39 is 0 Å². The lowest BCUT2D eigenvalue weighted by Gasteiger charge is -2.26. The highest BCUT2D eigenvalue weighted by atomic mass is 35.5. The number of hydrogen-bond acceptors (Lipinski definition) is 6. The summed E-state index contributed by atoms with van der Waals surface area (Å²) in [6, 6.07) is 0. The van der Waals surface area contributed by atoms with Crippen molar-refractivity contribution in [3.05, 3.63) is 40.5 Å². The fourth-order valence-electron chi connectivity index (χ4n) is 1.97. The highest BCUT2D eigenvalue weighted by Gasteiger charge is 2.30. The van der Waals surface area contributed by atoms with Gasteiger partial charge in [0.05, 0.1) is 11.9 Å². The van der Waals surface area contributed by atoms with Gasteiger partial charge < -0.3 is 11.1 Å². The molecule has 0 aromatic rings. The number of allylic oxidation sites excluding steroid dienone is 3. The number of rotatable bonds is 1. The fraction of sp³-hybridized carbons (Fsp3) is 0.167. The number of amidine groups is 1. The molecule has 7 heteroatoms. The lowest BCUT2D eigenvalue weighted by atomic mass is 10.1. The third-order valence-corrected chi connectivity index (χ3v) is 3.09. The van der Waals surface area contributed by atoms with Crippen molar-refractivity contribution in [2.75, 3.05) is 7.05 Å². The molecule has 6 nitrogen and oxygen atoms in total. The van der Waals surface area contributed by atoms with Gasteiger partial charge in [-0.3, -0.25) is 5.01 Å². The molecule has 0 fully saturated rings. The van der Waals surface area contributed by atoms with E-state index in [1.807, 2.05) is 13.1 Å². The molecule has 19 heavy (non-hydrogen) atoms. The van der Waals surface area contributed by atoms with Crippen LogP contribution in [0.25, 0.3) is 0 Å². The van der Waals surface area contributed by atoms with Gasteiger partial charge in [-0.25, -0.2) is 9.98 Å². The molecule has 0 aliphatic carbocycles. The second-order valence-electron chi connectivity index (χ2n) is 4.15. The van der Waals surface area contributed by atoms with Gasteiger partial charge in [0.15, 0.2) is 11.1 Å². The average molecular weight is 275 g/mol. The minimum absolute atomic E-state index is 0.105. The van der Waals surface area contributed by atoms with Crippen molar-refractivity contribution in [3.8, 4) is 0 Å². The van der Waals surface area contributed by atoms with Crippen LogP contribution < -0.4 is 11.1 Å². The van der Waals surface area contributed by atoms with Crippen molar-refractivity contribution in [2.45, 2.75) is 6.17 Å². The van der Waals surface area contributed by atoms with Crippen molar-refractivity contribution in [2.24, 2.45) is 20.8 Å². The fourth-order valence-corrected chi connectivity index (χ4v) is 2.16. The molecule has 0 saturated carbocycles. The molecule has 96 valence electrons. The first-order valence-corrected chi connectivity index (χ1v) is 6.01. The quantitative estimate of drug-likeness (QED) is 0.545. The van der Waals surface area contributed by atoms with E-state index in [1.54, 1.807) is 23.5 Å². The van der Waals surface area contributed by atoms with Gasteiger partial charge in [-0.1, -0.05) is 5.73 Å². The van der Waals surface area contributed by atoms with Crippen LogP contribution in [-0.2, 0) is 0 Å². The average Bonchev–Trinajstić information content (AvgIpc) is 2.61. The lowest BCUT2D eigenvalue weighted by molar-refractivity contribution is 0.292. The molecule has 1 atom stereocenters. The molecule has 0 bridgehead atoms. The summed E-state index contributed by atoms with van der Waals surface area (Å²) in [6.07, 6.45) is 6.86. The first-order valence-electron chi connectivity index (χ1n) is 5.64. The summed E-state index contributed by atoms with van der Waals surface area (Å²) in [5, 5.41) is 9.38. The van der Waals surface area contributed by atoms with Crippen molar-refractivity contribution >= 4 is 29.3 Å². The molecule has 0 radical (unpaired) electrons. The monoisotopic (exact) mass is 274 g/mol. The Balaban J connectivity index is 2.07. The normalized spacial score (nSPS) is 24.6. The Hall–Kier alpha value is -2.30. The molecule has 0 aromatic heterocycles. The lowest BCUT2D eigenvalue weighted by Crippen LogP contribution is -2.43.